The van der Waals surface area contributed by atoms with E-state index in [-0.39, 0.29) is 25.6 Å². The van der Waals surface area contributed by atoms with E-state index in [9.17, 15) is 19.4 Å². The second-order valence-electron chi connectivity index (χ2n) is 12.3. The van der Waals surface area contributed by atoms with Gasteiger partial charge in [-0.15, -0.1) is 0 Å². The minimum absolute atomic E-state index is 0.0563. The Morgan fingerprint density at radius 3 is 1.48 bits per heavy atom. The van der Waals surface area contributed by atoms with Gasteiger partial charge in [0.15, 0.2) is 0 Å². The molecule has 3 atom stereocenters. The number of esters is 1. The van der Waals surface area contributed by atoms with Gasteiger partial charge < -0.3 is 24.6 Å². The highest BCUT2D eigenvalue weighted by atomic mass is 31.2. The van der Waals surface area contributed by atoms with Crippen molar-refractivity contribution in [2.75, 3.05) is 33.0 Å². The Bertz CT molecular complexity index is 665. The first-order valence-electron chi connectivity index (χ1n) is 18.0. The third-order valence-corrected chi connectivity index (χ3v) is 8.74. The van der Waals surface area contributed by atoms with E-state index in [4.69, 9.17) is 23.6 Å². The van der Waals surface area contributed by atoms with E-state index in [2.05, 4.69) is 13.8 Å². The summed E-state index contributed by atoms with van der Waals surface area (Å²) in [6, 6.07) is 0. The van der Waals surface area contributed by atoms with Gasteiger partial charge in [0.1, 0.15) is 12.2 Å². The quantitative estimate of drug-likeness (QED) is 0.0349. The summed E-state index contributed by atoms with van der Waals surface area (Å²) < 4.78 is 33.1. The number of rotatable bonds is 35. The highest BCUT2D eigenvalue weighted by molar-refractivity contribution is 7.47. The highest BCUT2D eigenvalue weighted by Gasteiger charge is 2.26. The lowest BCUT2D eigenvalue weighted by atomic mass is 10.0. The number of carbonyl (C=O) groups excluding carboxylic acids is 1. The summed E-state index contributed by atoms with van der Waals surface area (Å²) in [6.07, 6.45) is 26.3. The second-order valence-corrected chi connectivity index (χ2v) is 13.7. The van der Waals surface area contributed by atoms with Crippen molar-refractivity contribution in [1.82, 2.24) is 0 Å². The molecule has 0 aromatic carbocycles. The molecule has 264 valence electrons. The summed E-state index contributed by atoms with van der Waals surface area (Å²) >= 11 is 0. The topological polar surface area (TPSA) is 132 Å². The van der Waals surface area contributed by atoms with Crippen molar-refractivity contribution in [2.24, 2.45) is 0 Å². The molecule has 0 heterocycles. The minimum atomic E-state index is -4.50. The molecule has 0 amide bonds. The van der Waals surface area contributed by atoms with Crippen LogP contribution in [0, 0.1) is 0 Å². The van der Waals surface area contributed by atoms with Gasteiger partial charge in [-0.2, -0.15) is 0 Å². The molecule has 0 aromatic heterocycles. The van der Waals surface area contributed by atoms with Crippen LogP contribution in [-0.4, -0.2) is 66.3 Å². The number of phosphoric acid groups is 1. The molecule has 0 spiro atoms. The van der Waals surface area contributed by atoms with Gasteiger partial charge in [0.05, 0.1) is 26.4 Å². The normalized spacial score (nSPS) is 14.4. The fourth-order valence-corrected chi connectivity index (χ4v) is 5.79. The molecule has 0 radical (unpaired) electrons. The number of aliphatic hydroxyl groups excluding tert-OH is 2. The van der Waals surface area contributed by atoms with E-state index in [1.54, 1.807) is 0 Å². The molecule has 0 aliphatic rings. The van der Waals surface area contributed by atoms with Crippen molar-refractivity contribution in [3.8, 4) is 0 Å². The molecule has 3 unspecified atom stereocenters. The molecular formula is C34H69O9P. The van der Waals surface area contributed by atoms with E-state index in [1.807, 2.05) is 0 Å². The predicted octanol–water partition coefficient (Wildman–Crippen LogP) is 8.80. The van der Waals surface area contributed by atoms with Crippen molar-refractivity contribution < 1.29 is 43.0 Å². The maximum Gasteiger partial charge on any atom is 0.472 e. The summed E-state index contributed by atoms with van der Waals surface area (Å²) in [5.74, 6) is -0.381. The molecule has 0 bridgehead atoms. The average molecular weight is 653 g/mol. The number of carbonyl (C=O) groups is 1. The van der Waals surface area contributed by atoms with Gasteiger partial charge in [-0.1, -0.05) is 149 Å². The number of aliphatic hydroxyl groups is 2. The van der Waals surface area contributed by atoms with Gasteiger partial charge in [0.25, 0.3) is 0 Å². The molecule has 44 heavy (non-hydrogen) atoms. The fraction of sp³-hybridized carbons (Fsp3) is 0.971. The summed E-state index contributed by atoms with van der Waals surface area (Å²) in [4.78, 5) is 22.4. The van der Waals surface area contributed by atoms with Crippen molar-refractivity contribution in [1.29, 1.82) is 0 Å². The lowest BCUT2D eigenvalue weighted by Crippen LogP contribution is -2.29. The van der Waals surface area contributed by atoms with Gasteiger partial charge >= 0.3 is 13.8 Å². The fourth-order valence-electron chi connectivity index (χ4n) is 5.00. The first-order valence-corrected chi connectivity index (χ1v) is 19.5. The SMILES string of the molecule is CCCCCCCCCCCCCCCCC(=O)OC(COCCCCCCCCCCC)COP(=O)(O)OCC(O)CO. The van der Waals surface area contributed by atoms with Gasteiger partial charge in [-0.05, 0) is 12.8 Å². The Morgan fingerprint density at radius 2 is 1.02 bits per heavy atom. The molecule has 0 rings (SSSR count). The smallest absolute Gasteiger partial charge is 0.457 e. The molecule has 0 aliphatic carbocycles. The summed E-state index contributed by atoms with van der Waals surface area (Å²) in [6.45, 7) is 3.52. The number of ether oxygens (including phenoxy) is 2. The first-order chi connectivity index (χ1) is 21.3. The number of phosphoric ester groups is 1. The zero-order valence-electron chi connectivity index (χ0n) is 28.4. The third-order valence-electron chi connectivity index (χ3n) is 7.79. The van der Waals surface area contributed by atoms with Crippen molar-refractivity contribution >= 4 is 13.8 Å². The maximum absolute atomic E-state index is 12.5. The minimum Gasteiger partial charge on any atom is -0.457 e. The summed E-state index contributed by atoms with van der Waals surface area (Å²) in [5, 5.41) is 18.2. The van der Waals surface area contributed by atoms with E-state index in [0.29, 0.717) is 6.61 Å². The average Bonchev–Trinajstić information content (AvgIpc) is 3.01. The molecule has 0 fully saturated rings. The molecule has 0 aromatic rings. The van der Waals surface area contributed by atoms with Crippen LogP contribution in [0.4, 0.5) is 0 Å². The van der Waals surface area contributed by atoms with Gasteiger partial charge in [0.2, 0.25) is 0 Å². The zero-order valence-corrected chi connectivity index (χ0v) is 29.3. The van der Waals surface area contributed by atoms with Gasteiger partial charge in [0, 0.05) is 13.0 Å². The number of hydrogen-bond donors (Lipinski definition) is 3. The van der Waals surface area contributed by atoms with E-state index in [1.165, 1.54) is 116 Å². The van der Waals surface area contributed by atoms with Crippen LogP contribution < -0.4 is 0 Å². The Morgan fingerprint density at radius 1 is 0.614 bits per heavy atom. The van der Waals surface area contributed by atoms with Crippen LogP contribution in [0.5, 0.6) is 0 Å². The third kappa shape index (κ3) is 31.4. The van der Waals surface area contributed by atoms with Crippen molar-refractivity contribution in [3.63, 3.8) is 0 Å². The maximum atomic E-state index is 12.5. The van der Waals surface area contributed by atoms with Crippen LogP contribution in [0.15, 0.2) is 0 Å². The molecule has 0 saturated carbocycles. The standard InChI is InChI=1S/C34H69O9P/c1-3-5-7-9-11-13-14-15-16-17-18-20-22-24-26-34(37)43-33(31-42-44(38,39)41-29-32(36)28-35)30-40-27-25-23-21-19-12-10-8-6-4-2/h32-33,35-36H,3-31H2,1-2H3,(H,38,39). The molecule has 3 N–H and O–H groups in total. The van der Waals surface area contributed by atoms with Crippen LogP contribution in [-0.2, 0) is 27.9 Å². The van der Waals surface area contributed by atoms with Gasteiger partial charge in [-0.25, -0.2) is 4.57 Å². The summed E-state index contributed by atoms with van der Waals surface area (Å²) in [7, 11) is -4.50. The predicted molar refractivity (Wildman–Crippen MR) is 178 cm³/mol. The van der Waals surface area contributed by atoms with Crippen LogP contribution in [0.25, 0.3) is 0 Å². The Kier molecular flexibility index (Phi) is 32.0. The Hall–Kier alpha value is -0.540. The van der Waals surface area contributed by atoms with Crippen molar-refractivity contribution in [3.05, 3.63) is 0 Å². The number of hydrogen-bond acceptors (Lipinski definition) is 8. The van der Waals surface area contributed by atoms with E-state index < -0.39 is 33.2 Å². The molecule has 9 nitrogen and oxygen atoms in total. The van der Waals surface area contributed by atoms with Crippen molar-refractivity contribution in [2.45, 2.75) is 180 Å². The largest absolute Gasteiger partial charge is 0.472 e. The second kappa shape index (κ2) is 32.4. The zero-order chi connectivity index (χ0) is 32.6. The Balaban J connectivity index is 4.20. The monoisotopic (exact) mass is 652 g/mol. The lowest BCUT2D eigenvalue weighted by molar-refractivity contribution is -0.154. The first kappa shape index (κ1) is 43.5. The van der Waals surface area contributed by atoms with Crippen LogP contribution in [0.1, 0.15) is 168 Å². The summed E-state index contributed by atoms with van der Waals surface area (Å²) in [5.41, 5.74) is 0. The van der Waals surface area contributed by atoms with E-state index >= 15 is 0 Å². The Labute approximate surface area is 269 Å². The van der Waals surface area contributed by atoms with E-state index in [0.717, 1.165) is 32.1 Å². The molecule has 0 saturated heterocycles. The molecular weight excluding hydrogens is 583 g/mol. The molecule has 10 heteroatoms. The van der Waals surface area contributed by atoms with Crippen LogP contribution in [0.2, 0.25) is 0 Å². The lowest BCUT2D eigenvalue weighted by Gasteiger charge is -2.20. The molecule has 0 aliphatic heterocycles. The number of unbranched alkanes of at least 4 members (excludes halogenated alkanes) is 21. The highest BCUT2D eigenvalue weighted by Crippen LogP contribution is 2.43. The van der Waals surface area contributed by atoms with Gasteiger partial charge in [-0.3, -0.25) is 13.8 Å². The van der Waals surface area contributed by atoms with Crippen LogP contribution >= 0.6 is 7.82 Å². The van der Waals surface area contributed by atoms with Crippen LogP contribution in [0.3, 0.4) is 0 Å².